The van der Waals surface area contributed by atoms with E-state index in [1.807, 2.05) is 61.5 Å². The number of hydrogen-bond acceptors (Lipinski definition) is 2. The van der Waals surface area contributed by atoms with Gasteiger partial charge in [0.05, 0.1) is 0 Å². The predicted molar refractivity (Wildman–Crippen MR) is 98.9 cm³/mol. The van der Waals surface area contributed by atoms with E-state index in [-0.39, 0.29) is 5.91 Å². The molecule has 1 atom stereocenters. The average Bonchev–Trinajstić information content (AvgIpc) is 2.58. The number of carbonyl (C=O) groups is 1. The van der Waals surface area contributed by atoms with Crippen LogP contribution in [0, 0.1) is 6.92 Å². The number of ether oxygens (including phenoxy) is 1. The molecule has 0 radical (unpaired) electrons. The van der Waals surface area contributed by atoms with Crippen LogP contribution in [-0.4, -0.2) is 12.0 Å². The normalized spacial score (nSPS) is 12.0. The molecule has 0 spiro atoms. The second-order valence-electron chi connectivity index (χ2n) is 5.69. The summed E-state index contributed by atoms with van der Waals surface area (Å²) >= 11 is 6.09. The number of rotatable bonds is 4. The summed E-state index contributed by atoms with van der Waals surface area (Å²) in [4.78, 5) is 12.4. The largest absolute Gasteiger partial charge is 0.480 e. The molecule has 0 aliphatic heterocycles. The zero-order valence-corrected chi connectivity index (χ0v) is 14.3. The van der Waals surface area contributed by atoms with Crippen molar-refractivity contribution in [2.75, 3.05) is 5.32 Å². The maximum Gasteiger partial charge on any atom is 0.265 e. The highest BCUT2D eigenvalue weighted by Gasteiger charge is 2.16. The van der Waals surface area contributed by atoms with Gasteiger partial charge in [0.1, 0.15) is 5.75 Å². The second kappa shape index (κ2) is 6.93. The van der Waals surface area contributed by atoms with E-state index in [1.165, 1.54) is 0 Å². The van der Waals surface area contributed by atoms with Gasteiger partial charge in [-0.05, 0) is 43.0 Å². The number of carbonyl (C=O) groups excluding carboxylic acids is 1. The summed E-state index contributed by atoms with van der Waals surface area (Å²) in [6.45, 7) is 3.65. The van der Waals surface area contributed by atoms with E-state index in [0.29, 0.717) is 16.5 Å². The fourth-order valence-electron chi connectivity index (χ4n) is 2.46. The Morgan fingerprint density at radius 3 is 2.62 bits per heavy atom. The highest BCUT2D eigenvalue weighted by atomic mass is 35.5. The molecule has 1 unspecified atom stereocenters. The molecule has 0 saturated carbocycles. The molecule has 0 aliphatic carbocycles. The van der Waals surface area contributed by atoms with Crippen LogP contribution in [0.2, 0.25) is 5.02 Å². The Balaban J connectivity index is 1.75. The molecule has 1 N–H and O–H groups in total. The molecule has 0 aromatic heterocycles. The summed E-state index contributed by atoms with van der Waals surface area (Å²) in [7, 11) is 0. The van der Waals surface area contributed by atoms with E-state index in [4.69, 9.17) is 16.3 Å². The maximum atomic E-state index is 12.4. The minimum Gasteiger partial charge on any atom is -0.480 e. The molecule has 3 aromatic carbocycles. The first-order chi connectivity index (χ1) is 11.5. The lowest BCUT2D eigenvalue weighted by Gasteiger charge is -2.16. The Hall–Kier alpha value is -2.52. The van der Waals surface area contributed by atoms with Crippen LogP contribution in [0.25, 0.3) is 10.8 Å². The Kier molecular flexibility index (Phi) is 4.72. The van der Waals surface area contributed by atoms with Crippen LogP contribution in [0.3, 0.4) is 0 Å². The minimum atomic E-state index is -0.629. The van der Waals surface area contributed by atoms with Gasteiger partial charge >= 0.3 is 0 Å². The van der Waals surface area contributed by atoms with Gasteiger partial charge in [-0.15, -0.1) is 0 Å². The van der Waals surface area contributed by atoms with E-state index in [1.54, 1.807) is 13.0 Å². The Morgan fingerprint density at radius 1 is 1.08 bits per heavy atom. The van der Waals surface area contributed by atoms with Crippen LogP contribution < -0.4 is 10.1 Å². The van der Waals surface area contributed by atoms with Crippen molar-refractivity contribution < 1.29 is 9.53 Å². The summed E-state index contributed by atoms with van der Waals surface area (Å²) < 4.78 is 5.87. The summed E-state index contributed by atoms with van der Waals surface area (Å²) in [5.74, 6) is 0.473. The lowest BCUT2D eigenvalue weighted by atomic mass is 10.1. The molecule has 3 rings (SSSR count). The maximum absolute atomic E-state index is 12.4. The van der Waals surface area contributed by atoms with Crippen molar-refractivity contribution >= 4 is 34.0 Å². The fraction of sp³-hybridized carbons (Fsp3) is 0.150. The molecule has 4 heteroatoms. The number of hydrogen-bond donors (Lipinski definition) is 1. The smallest absolute Gasteiger partial charge is 0.265 e. The zero-order valence-electron chi connectivity index (χ0n) is 13.5. The summed E-state index contributed by atoms with van der Waals surface area (Å²) in [5, 5.41) is 5.51. The van der Waals surface area contributed by atoms with Crippen LogP contribution in [0.1, 0.15) is 12.5 Å². The fourth-order valence-corrected chi connectivity index (χ4v) is 2.64. The van der Waals surface area contributed by atoms with Crippen molar-refractivity contribution in [1.29, 1.82) is 0 Å². The molecular formula is C20H18ClNO2. The van der Waals surface area contributed by atoms with Crippen molar-refractivity contribution in [2.24, 2.45) is 0 Å². The number of benzene rings is 3. The standard InChI is InChI=1S/C20H18ClNO2/c1-13-10-11-16(12-18(13)21)22-20(23)14(2)24-19-9-5-7-15-6-3-4-8-17(15)19/h3-12,14H,1-2H3,(H,22,23). The topological polar surface area (TPSA) is 38.3 Å². The van der Waals surface area contributed by atoms with Gasteiger partial charge in [0.25, 0.3) is 5.91 Å². The highest BCUT2D eigenvalue weighted by Crippen LogP contribution is 2.26. The van der Waals surface area contributed by atoms with Gasteiger partial charge in [-0.3, -0.25) is 4.79 Å². The van der Waals surface area contributed by atoms with Crippen molar-refractivity contribution in [3.8, 4) is 5.75 Å². The van der Waals surface area contributed by atoms with Crippen molar-refractivity contribution in [1.82, 2.24) is 0 Å². The zero-order chi connectivity index (χ0) is 17.1. The van der Waals surface area contributed by atoms with Gasteiger partial charge in [0.2, 0.25) is 0 Å². The first-order valence-corrected chi connectivity index (χ1v) is 8.14. The van der Waals surface area contributed by atoms with Crippen LogP contribution in [-0.2, 0) is 4.79 Å². The van der Waals surface area contributed by atoms with Crippen LogP contribution in [0.5, 0.6) is 5.75 Å². The minimum absolute atomic E-state index is 0.220. The third kappa shape index (κ3) is 3.52. The Labute approximate surface area is 146 Å². The number of halogens is 1. The van der Waals surface area contributed by atoms with Gasteiger partial charge < -0.3 is 10.1 Å². The van der Waals surface area contributed by atoms with E-state index < -0.39 is 6.10 Å². The van der Waals surface area contributed by atoms with E-state index in [2.05, 4.69) is 5.32 Å². The van der Waals surface area contributed by atoms with Gasteiger partial charge in [-0.1, -0.05) is 54.1 Å². The van der Waals surface area contributed by atoms with Crippen molar-refractivity contribution in [3.05, 3.63) is 71.2 Å². The summed E-state index contributed by atoms with van der Waals surface area (Å²) in [6, 6.07) is 19.2. The number of amides is 1. The first kappa shape index (κ1) is 16.3. The number of nitrogens with one attached hydrogen (secondary N) is 1. The average molecular weight is 340 g/mol. The summed E-state index contributed by atoms with van der Waals surface area (Å²) in [6.07, 6.45) is -0.629. The first-order valence-electron chi connectivity index (χ1n) is 7.76. The molecule has 0 aliphatic rings. The SMILES string of the molecule is Cc1ccc(NC(=O)C(C)Oc2cccc3ccccc23)cc1Cl. The van der Waals surface area contributed by atoms with Crippen molar-refractivity contribution in [3.63, 3.8) is 0 Å². The molecule has 122 valence electrons. The molecule has 0 fully saturated rings. The molecule has 0 saturated heterocycles. The molecule has 0 heterocycles. The number of fused-ring (bicyclic) bond motifs is 1. The number of anilines is 1. The second-order valence-corrected chi connectivity index (χ2v) is 6.10. The Morgan fingerprint density at radius 2 is 1.83 bits per heavy atom. The quantitative estimate of drug-likeness (QED) is 0.708. The van der Waals surface area contributed by atoms with Gasteiger partial charge in [-0.2, -0.15) is 0 Å². The van der Waals surface area contributed by atoms with Crippen LogP contribution in [0.15, 0.2) is 60.7 Å². The van der Waals surface area contributed by atoms with Gasteiger partial charge in [-0.25, -0.2) is 0 Å². The third-order valence-corrected chi connectivity index (χ3v) is 4.27. The van der Waals surface area contributed by atoms with Crippen molar-refractivity contribution in [2.45, 2.75) is 20.0 Å². The van der Waals surface area contributed by atoms with E-state index in [9.17, 15) is 4.79 Å². The summed E-state index contributed by atoms with van der Waals surface area (Å²) in [5.41, 5.74) is 1.62. The molecule has 3 aromatic rings. The number of aryl methyl sites for hydroxylation is 1. The van der Waals surface area contributed by atoms with Gasteiger partial charge in [0, 0.05) is 16.1 Å². The molecule has 1 amide bonds. The monoisotopic (exact) mass is 339 g/mol. The molecular weight excluding hydrogens is 322 g/mol. The van der Waals surface area contributed by atoms with Crippen LogP contribution in [0.4, 0.5) is 5.69 Å². The lowest BCUT2D eigenvalue weighted by Crippen LogP contribution is -2.30. The van der Waals surface area contributed by atoms with E-state index in [0.717, 1.165) is 16.3 Å². The van der Waals surface area contributed by atoms with Crippen LogP contribution >= 0.6 is 11.6 Å². The van der Waals surface area contributed by atoms with Gasteiger partial charge in [0.15, 0.2) is 6.10 Å². The lowest BCUT2D eigenvalue weighted by molar-refractivity contribution is -0.122. The molecule has 3 nitrogen and oxygen atoms in total. The Bertz CT molecular complexity index is 886. The third-order valence-electron chi connectivity index (χ3n) is 3.86. The molecule has 0 bridgehead atoms. The molecule has 24 heavy (non-hydrogen) atoms. The van der Waals surface area contributed by atoms with E-state index >= 15 is 0 Å². The predicted octanol–water partition coefficient (Wildman–Crippen LogP) is 5.21. The highest BCUT2D eigenvalue weighted by molar-refractivity contribution is 6.31.